The number of thioether (sulfide) groups is 1. The molecule has 1 unspecified atom stereocenters. The predicted octanol–water partition coefficient (Wildman–Crippen LogP) is 3.71. The van der Waals surface area contributed by atoms with Gasteiger partial charge >= 0.3 is 0 Å². The van der Waals surface area contributed by atoms with Gasteiger partial charge in [-0.15, -0.1) is 10.2 Å². The van der Waals surface area contributed by atoms with Crippen LogP contribution in [0.25, 0.3) is 11.5 Å². The lowest BCUT2D eigenvalue weighted by molar-refractivity contribution is -0.119. The molecule has 3 aromatic rings. The van der Waals surface area contributed by atoms with Crippen LogP contribution in [0.1, 0.15) is 18.5 Å². The first kappa shape index (κ1) is 16.3. The standard InChI is InChI=1S/C18H17N3O2S/c1-13(14-8-4-2-5-9-14)19-16(22)12-24-18-21-20-17(23-18)15-10-6-3-7-11-15/h2-11,13H,12H2,1H3,(H,19,22). The fourth-order valence-electron chi connectivity index (χ4n) is 2.20. The summed E-state index contributed by atoms with van der Waals surface area (Å²) in [6.45, 7) is 1.96. The van der Waals surface area contributed by atoms with Gasteiger partial charge in [-0.3, -0.25) is 4.79 Å². The first-order valence-electron chi connectivity index (χ1n) is 7.58. The minimum absolute atomic E-state index is 0.0399. The first-order chi connectivity index (χ1) is 11.7. The molecule has 0 bridgehead atoms. The number of rotatable bonds is 6. The zero-order valence-electron chi connectivity index (χ0n) is 13.2. The Hall–Kier alpha value is -2.60. The minimum atomic E-state index is -0.0733. The van der Waals surface area contributed by atoms with Crippen molar-refractivity contribution in [3.8, 4) is 11.5 Å². The highest BCUT2D eigenvalue weighted by molar-refractivity contribution is 7.99. The zero-order chi connectivity index (χ0) is 16.8. The number of aromatic nitrogens is 2. The van der Waals surface area contributed by atoms with E-state index < -0.39 is 0 Å². The van der Waals surface area contributed by atoms with E-state index in [1.54, 1.807) is 0 Å². The van der Waals surface area contributed by atoms with Gasteiger partial charge in [-0.25, -0.2) is 0 Å². The fourth-order valence-corrected chi connectivity index (χ4v) is 2.78. The normalized spacial score (nSPS) is 11.9. The van der Waals surface area contributed by atoms with E-state index in [1.165, 1.54) is 11.8 Å². The third-order valence-electron chi connectivity index (χ3n) is 3.43. The molecule has 0 aliphatic heterocycles. The van der Waals surface area contributed by atoms with Crippen molar-refractivity contribution in [1.82, 2.24) is 15.5 Å². The van der Waals surface area contributed by atoms with Gasteiger partial charge in [0.05, 0.1) is 11.8 Å². The maximum absolute atomic E-state index is 12.1. The number of carbonyl (C=O) groups is 1. The molecule has 0 aliphatic carbocycles. The second-order valence-electron chi connectivity index (χ2n) is 5.23. The third kappa shape index (κ3) is 4.23. The Kier molecular flexibility index (Phi) is 5.28. The van der Waals surface area contributed by atoms with Crippen LogP contribution >= 0.6 is 11.8 Å². The van der Waals surface area contributed by atoms with Gasteiger partial charge in [0.2, 0.25) is 11.8 Å². The Morgan fingerprint density at radius 1 is 1.08 bits per heavy atom. The van der Waals surface area contributed by atoms with Gasteiger partial charge in [0.15, 0.2) is 0 Å². The van der Waals surface area contributed by atoms with Gasteiger partial charge in [-0.05, 0) is 24.6 Å². The highest BCUT2D eigenvalue weighted by Gasteiger charge is 2.13. The molecule has 24 heavy (non-hydrogen) atoms. The van der Waals surface area contributed by atoms with Crippen LogP contribution in [0, 0.1) is 0 Å². The van der Waals surface area contributed by atoms with E-state index in [2.05, 4.69) is 15.5 Å². The summed E-state index contributed by atoms with van der Waals surface area (Å²) in [5.41, 5.74) is 1.93. The SMILES string of the molecule is CC(NC(=O)CSc1nnc(-c2ccccc2)o1)c1ccccc1. The number of nitrogens with zero attached hydrogens (tertiary/aromatic N) is 2. The molecule has 0 fully saturated rings. The van der Waals surface area contributed by atoms with E-state index in [0.717, 1.165) is 11.1 Å². The molecule has 122 valence electrons. The molecule has 3 rings (SSSR count). The number of hydrogen-bond donors (Lipinski definition) is 1. The molecule has 0 saturated heterocycles. The van der Waals surface area contributed by atoms with Crippen molar-refractivity contribution < 1.29 is 9.21 Å². The summed E-state index contributed by atoms with van der Waals surface area (Å²) >= 11 is 1.23. The summed E-state index contributed by atoms with van der Waals surface area (Å²) in [7, 11) is 0. The van der Waals surface area contributed by atoms with Crippen LogP contribution in [0.15, 0.2) is 70.3 Å². The van der Waals surface area contributed by atoms with Crippen molar-refractivity contribution >= 4 is 17.7 Å². The van der Waals surface area contributed by atoms with Crippen LogP contribution in [0.2, 0.25) is 0 Å². The summed E-state index contributed by atoms with van der Waals surface area (Å²) < 4.78 is 5.57. The van der Waals surface area contributed by atoms with Crippen LogP contribution < -0.4 is 5.32 Å². The number of benzene rings is 2. The first-order valence-corrected chi connectivity index (χ1v) is 8.57. The molecule has 1 N–H and O–H groups in total. The van der Waals surface area contributed by atoms with Crippen LogP contribution in [-0.2, 0) is 4.79 Å². The predicted molar refractivity (Wildman–Crippen MR) is 93.5 cm³/mol. The van der Waals surface area contributed by atoms with Crippen molar-refractivity contribution in [2.75, 3.05) is 5.75 Å². The summed E-state index contributed by atoms with van der Waals surface area (Å²) in [4.78, 5) is 12.1. The molecule has 0 spiro atoms. The van der Waals surface area contributed by atoms with Gasteiger partial charge in [0.1, 0.15) is 0 Å². The second kappa shape index (κ2) is 7.79. The zero-order valence-corrected chi connectivity index (χ0v) is 14.0. The average Bonchev–Trinajstić information content (AvgIpc) is 3.10. The van der Waals surface area contributed by atoms with Gasteiger partial charge in [0, 0.05) is 5.56 Å². The largest absolute Gasteiger partial charge is 0.411 e. The molecule has 2 aromatic carbocycles. The quantitative estimate of drug-likeness (QED) is 0.694. The Morgan fingerprint density at radius 2 is 1.75 bits per heavy atom. The van der Waals surface area contributed by atoms with Crippen molar-refractivity contribution in [3.05, 3.63) is 66.2 Å². The van der Waals surface area contributed by atoms with Crippen LogP contribution in [0.5, 0.6) is 0 Å². The van der Waals surface area contributed by atoms with Gasteiger partial charge < -0.3 is 9.73 Å². The van der Waals surface area contributed by atoms with Gasteiger partial charge in [-0.1, -0.05) is 60.3 Å². The second-order valence-corrected chi connectivity index (χ2v) is 6.15. The fraction of sp³-hybridized carbons (Fsp3) is 0.167. The van der Waals surface area contributed by atoms with Crippen molar-refractivity contribution in [2.45, 2.75) is 18.2 Å². The topological polar surface area (TPSA) is 68.0 Å². The molecular formula is C18H17N3O2S. The summed E-state index contributed by atoms with van der Waals surface area (Å²) in [6, 6.07) is 19.3. The van der Waals surface area contributed by atoms with Crippen LogP contribution in [0.3, 0.4) is 0 Å². The van der Waals surface area contributed by atoms with E-state index >= 15 is 0 Å². The lowest BCUT2D eigenvalue weighted by Gasteiger charge is -2.13. The highest BCUT2D eigenvalue weighted by atomic mass is 32.2. The number of hydrogen-bond acceptors (Lipinski definition) is 5. The van der Waals surface area contributed by atoms with Crippen molar-refractivity contribution in [1.29, 1.82) is 0 Å². The minimum Gasteiger partial charge on any atom is -0.411 e. The summed E-state index contributed by atoms with van der Waals surface area (Å²) in [5.74, 6) is 0.611. The number of nitrogens with one attached hydrogen (secondary N) is 1. The molecule has 1 heterocycles. The number of amides is 1. The molecule has 0 radical (unpaired) electrons. The van der Waals surface area contributed by atoms with Crippen molar-refractivity contribution in [2.24, 2.45) is 0 Å². The molecule has 1 atom stereocenters. The summed E-state index contributed by atoms with van der Waals surface area (Å²) in [6.07, 6.45) is 0. The molecule has 0 saturated carbocycles. The van der Waals surface area contributed by atoms with E-state index in [1.807, 2.05) is 67.6 Å². The Balaban J connectivity index is 1.53. The van der Waals surface area contributed by atoms with Crippen molar-refractivity contribution in [3.63, 3.8) is 0 Å². The lowest BCUT2D eigenvalue weighted by Crippen LogP contribution is -2.28. The maximum Gasteiger partial charge on any atom is 0.277 e. The smallest absolute Gasteiger partial charge is 0.277 e. The molecule has 1 amide bonds. The monoisotopic (exact) mass is 339 g/mol. The van der Waals surface area contributed by atoms with Gasteiger partial charge in [0.25, 0.3) is 5.22 Å². The van der Waals surface area contributed by atoms with Gasteiger partial charge in [-0.2, -0.15) is 0 Å². The third-order valence-corrected chi connectivity index (χ3v) is 4.25. The highest BCUT2D eigenvalue weighted by Crippen LogP contribution is 2.22. The average molecular weight is 339 g/mol. The Morgan fingerprint density at radius 3 is 2.46 bits per heavy atom. The molecule has 6 heteroatoms. The summed E-state index contributed by atoms with van der Waals surface area (Å²) in [5, 5.41) is 11.3. The van der Waals surface area contributed by atoms with Crippen LogP contribution in [-0.4, -0.2) is 21.9 Å². The Bertz CT molecular complexity index is 790. The van der Waals surface area contributed by atoms with E-state index in [9.17, 15) is 4.79 Å². The van der Waals surface area contributed by atoms with Crippen LogP contribution in [0.4, 0.5) is 0 Å². The molecule has 1 aromatic heterocycles. The maximum atomic E-state index is 12.1. The van der Waals surface area contributed by atoms with E-state index in [4.69, 9.17) is 4.42 Å². The van der Waals surface area contributed by atoms with E-state index in [-0.39, 0.29) is 17.7 Å². The molecule has 0 aliphatic rings. The molecule has 5 nitrogen and oxygen atoms in total. The lowest BCUT2D eigenvalue weighted by atomic mass is 10.1. The molecular weight excluding hydrogens is 322 g/mol. The number of carbonyl (C=O) groups excluding carboxylic acids is 1. The Labute approximate surface area is 144 Å². The van der Waals surface area contributed by atoms with E-state index in [0.29, 0.717) is 11.1 Å².